The molecule has 1 aromatic carbocycles. The zero-order chi connectivity index (χ0) is 14.3. The largest absolute Gasteiger partial charge is 0.395 e. The van der Waals surface area contributed by atoms with E-state index >= 15 is 0 Å². The second kappa shape index (κ2) is 5.19. The van der Waals surface area contributed by atoms with Crippen LogP contribution >= 0.6 is 0 Å². The zero-order valence-electron chi connectivity index (χ0n) is 12.1. The van der Waals surface area contributed by atoms with Crippen LogP contribution in [0.2, 0.25) is 0 Å². The molecule has 0 saturated carbocycles. The van der Waals surface area contributed by atoms with Crippen LogP contribution in [0.4, 0.5) is 0 Å². The summed E-state index contributed by atoms with van der Waals surface area (Å²) in [6.45, 7) is 6.36. The lowest BCUT2D eigenvalue weighted by Crippen LogP contribution is -2.49. The van der Waals surface area contributed by atoms with Gasteiger partial charge in [0.15, 0.2) is 0 Å². The average molecular weight is 274 g/mol. The van der Waals surface area contributed by atoms with Crippen molar-refractivity contribution in [2.24, 2.45) is 0 Å². The molecule has 1 amide bonds. The number of β-amino-alcohol motifs (C(OH)–C–C–N with tert-alkyl or cyclic N) is 1. The predicted molar refractivity (Wildman–Crippen MR) is 78.1 cm³/mol. The molecule has 0 aliphatic carbocycles. The molecule has 3 rings (SSSR count). The second-order valence-corrected chi connectivity index (χ2v) is 5.78. The Morgan fingerprint density at radius 2 is 2.20 bits per heavy atom. The highest BCUT2D eigenvalue weighted by Crippen LogP contribution is 2.37. The van der Waals surface area contributed by atoms with E-state index in [0.717, 1.165) is 30.6 Å². The summed E-state index contributed by atoms with van der Waals surface area (Å²) in [6, 6.07) is 4.52. The number of carbonyl (C=O) groups excluding carboxylic acids is 1. The standard InChI is InChI=1S/C16H22N2O2/c1-3-11-6-10(2)15-12(7-11)13-8-17-9-14(13)18(4-5-19)16(15)20/h6-7,13-14,17,19H,3-5,8-9H2,1-2H3/t13-,14+/m1/s1. The Hall–Kier alpha value is -1.39. The van der Waals surface area contributed by atoms with Crippen molar-refractivity contribution in [2.45, 2.75) is 32.2 Å². The number of aliphatic hydroxyl groups excluding tert-OH is 1. The second-order valence-electron chi connectivity index (χ2n) is 5.78. The van der Waals surface area contributed by atoms with E-state index in [1.807, 2.05) is 11.8 Å². The van der Waals surface area contributed by atoms with Crippen molar-refractivity contribution in [3.8, 4) is 0 Å². The fourth-order valence-corrected chi connectivity index (χ4v) is 3.66. The van der Waals surface area contributed by atoms with Gasteiger partial charge in [-0.25, -0.2) is 0 Å². The molecular formula is C16H22N2O2. The van der Waals surface area contributed by atoms with Crippen molar-refractivity contribution in [2.75, 3.05) is 26.2 Å². The number of aryl methyl sites for hydroxylation is 2. The van der Waals surface area contributed by atoms with Gasteiger partial charge in [0, 0.05) is 31.1 Å². The van der Waals surface area contributed by atoms with Gasteiger partial charge in [-0.15, -0.1) is 0 Å². The summed E-state index contributed by atoms with van der Waals surface area (Å²) in [5, 5.41) is 12.6. The van der Waals surface area contributed by atoms with E-state index in [4.69, 9.17) is 0 Å². The molecule has 1 aromatic rings. The van der Waals surface area contributed by atoms with Crippen LogP contribution in [0, 0.1) is 6.92 Å². The van der Waals surface area contributed by atoms with E-state index in [0.29, 0.717) is 12.5 Å². The lowest BCUT2D eigenvalue weighted by molar-refractivity contribution is 0.0602. The molecule has 4 heteroatoms. The normalized spacial score (nSPS) is 24.8. The number of nitrogens with zero attached hydrogens (tertiary/aromatic N) is 1. The van der Waals surface area contributed by atoms with Crippen LogP contribution in [-0.4, -0.2) is 48.2 Å². The summed E-state index contributed by atoms with van der Waals surface area (Å²) in [5.41, 5.74) is 4.43. The van der Waals surface area contributed by atoms with Crippen LogP contribution in [-0.2, 0) is 6.42 Å². The Labute approximate surface area is 119 Å². The van der Waals surface area contributed by atoms with E-state index in [1.54, 1.807) is 0 Å². The highest BCUT2D eigenvalue weighted by molar-refractivity contribution is 5.99. The maximum atomic E-state index is 12.8. The number of amides is 1. The van der Waals surface area contributed by atoms with Gasteiger partial charge in [-0.3, -0.25) is 4.79 Å². The molecule has 2 aliphatic heterocycles. The van der Waals surface area contributed by atoms with Gasteiger partial charge in [-0.1, -0.05) is 19.1 Å². The van der Waals surface area contributed by atoms with Gasteiger partial charge in [-0.05, 0) is 30.0 Å². The Morgan fingerprint density at radius 3 is 2.90 bits per heavy atom. The maximum Gasteiger partial charge on any atom is 0.254 e. The van der Waals surface area contributed by atoms with Crippen molar-refractivity contribution >= 4 is 5.91 Å². The molecule has 4 nitrogen and oxygen atoms in total. The van der Waals surface area contributed by atoms with Crippen LogP contribution < -0.4 is 5.32 Å². The summed E-state index contributed by atoms with van der Waals surface area (Å²) in [6.07, 6.45) is 0.994. The minimum Gasteiger partial charge on any atom is -0.395 e. The van der Waals surface area contributed by atoms with Gasteiger partial charge < -0.3 is 15.3 Å². The summed E-state index contributed by atoms with van der Waals surface area (Å²) in [7, 11) is 0. The summed E-state index contributed by atoms with van der Waals surface area (Å²) < 4.78 is 0. The lowest BCUT2D eigenvalue weighted by Gasteiger charge is -2.38. The maximum absolute atomic E-state index is 12.8. The first-order valence-corrected chi connectivity index (χ1v) is 7.43. The molecule has 0 unspecified atom stereocenters. The van der Waals surface area contributed by atoms with Crippen LogP contribution in [0.15, 0.2) is 12.1 Å². The van der Waals surface area contributed by atoms with Crippen molar-refractivity contribution in [3.05, 3.63) is 34.4 Å². The van der Waals surface area contributed by atoms with E-state index in [1.165, 1.54) is 11.1 Å². The minimum atomic E-state index is 0.0242. The topological polar surface area (TPSA) is 52.6 Å². The molecule has 0 aromatic heterocycles. The van der Waals surface area contributed by atoms with Crippen molar-refractivity contribution in [3.63, 3.8) is 0 Å². The lowest BCUT2D eigenvalue weighted by atomic mass is 9.81. The molecule has 0 spiro atoms. The predicted octanol–water partition coefficient (Wildman–Crippen LogP) is 1.06. The Morgan fingerprint density at radius 1 is 1.40 bits per heavy atom. The average Bonchev–Trinajstić information content (AvgIpc) is 2.92. The first kappa shape index (κ1) is 13.6. The van der Waals surface area contributed by atoms with E-state index in [9.17, 15) is 9.90 Å². The summed E-state index contributed by atoms with van der Waals surface area (Å²) in [4.78, 5) is 14.6. The highest BCUT2D eigenvalue weighted by atomic mass is 16.3. The molecule has 1 fully saturated rings. The van der Waals surface area contributed by atoms with Gasteiger partial charge in [-0.2, -0.15) is 0 Å². The van der Waals surface area contributed by atoms with Gasteiger partial charge in [0.1, 0.15) is 0 Å². The Bertz CT molecular complexity index is 542. The number of hydrogen-bond donors (Lipinski definition) is 2. The number of rotatable bonds is 3. The molecule has 1 saturated heterocycles. The van der Waals surface area contributed by atoms with Crippen molar-refractivity contribution in [1.82, 2.24) is 10.2 Å². The van der Waals surface area contributed by atoms with Gasteiger partial charge >= 0.3 is 0 Å². The number of fused-ring (bicyclic) bond motifs is 3. The van der Waals surface area contributed by atoms with Crippen LogP contribution in [0.1, 0.15) is 39.9 Å². The zero-order valence-corrected chi connectivity index (χ0v) is 12.1. The van der Waals surface area contributed by atoms with E-state index in [-0.39, 0.29) is 18.6 Å². The molecule has 108 valence electrons. The molecule has 2 N–H and O–H groups in total. The van der Waals surface area contributed by atoms with E-state index in [2.05, 4.69) is 24.4 Å². The quantitative estimate of drug-likeness (QED) is 0.866. The van der Waals surface area contributed by atoms with Crippen molar-refractivity contribution in [1.29, 1.82) is 0 Å². The number of nitrogens with one attached hydrogen (secondary N) is 1. The fourth-order valence-electron chi connectivity index (χ4n) is 3.66. The summed E-state index contributed by atoms with van der Waals surface area (Å²) >= 11 is 0. The smallest absolute Gasteiger partial charge is 0.254 e. The number of benzene rings is 1. The fraction of sp³-hybridized carbons (Fsp3) is 0.562. The van der Waals surface area contributed by atoms with E-state index < -0.39 is 0 Å². The third-order valence-corrected chi connectivity index (χ3v) is 4.63. The molecule has 2 aliphatic rings. The molecule has 2 atom stereocenters. The molecular weight excluding hydrogens is 252 g/mol. The van der Waals surface area contributed by atoms with Crippen LogP contribution in [0.25, 0.3) is 0 Å². The minimum absolute atomic E-state index is 0.0242. The van der Waals surface area contributed by atoms with Gasteiger partial charge in [0.2, 0.25) is 0 Å². The Kier molecular flexibility index (Phi) is 3.52. The molecule has 2 heterocycles. The number of carbonyl (C=O) groups is 1. The molecule has 0 radical (unpaired) electrons. The van der Waals surface area contributed by atoms with Gasteiger partial charge in [0.25, 0.3) is 5.91 Å². The number of aliphatic hydroxyl groups is 1. The Balaban J connectivity index is 2.13. The SMILES string of the molecule is CCc1cc(C)c2c(c1)[C@H]1CNC[C@@H]1N(CCO)C2=O. The molecule has 20 heavy (non-hydrogen) atoms. The third-order valence-electron chi connectivity index (χ3n) is 4.63. The first-order valence-electron chi connectivity index (χ1n) is 7.43. The monoisotopic (exact) mass is 274 g/mol. The molecule has 0 bridgehead atoms. The summed E-state index contributed by atoms with van der Waals surface area (Å²) in [5.74, 6) is 0.443. The van der Waals surface area contributed by atoms with Crippen LogP contribution in [0.5, 0.6) is 0 Å². The third kappa shape index (κ3) is 1.95. The van der Waals surface area contributed by atoms with Crippen molar-refractivity contribution < 1.29 is 9.90 Å². The first-order chi connectivity index (χ1) is 9.67. The van der Waals surface area contributed by atoms with Crippen LogP contribution in [0.3, 0.4) is 0 Å². The highest BCUT2D eigenvalue weighted by Gasteiger charge is 2.42. The van der Waals surface area contributed by atoms with Gasteiger partial charge in [0.05, 0.1) is 12.6 Å². The number of hydrogen-bond acceptors (Lipinski definition) is 3.